The molecule has 0 aliphatic heterocycles. The third kappa shape index (κ3) is 5.21. The number of nitrogens with zero attached hydrogens (tertiary/aromatic N) is 1. The summed E-state index contributed by atoms with van der Waals surface area (Å²) in [7, 11) is 3.45. The lowest BCUT2D eigenvalue weighted by molar-refractivity contribution is -0.124. The predicted molar refractivity (Wildman–Crippen MR) is 91.3 cm³/mol. The van der Waals surface area contributed by atoms with E-state index in [1.54, 1.807) is 14.0 Å². The van der Waals surface area contributed by atoms with Gasteiger partial charge in [-0.05, 0) is 45.0 Å². The molecule has 1 atom stereocenters. The van der Waals surface area contributed by atoms with E-state index in [1.807, 2.05) is 30.1 Å². The number of nitrogens with one attached hydrogen (secondary N) is 2. The van der Waals surface area contributed by atoms with Crippen LogP contribution in [0.5, 0.6) is 5.75 Å². The van der Waals surface area contributed by atoms with Gasteiger partial charge in [0.05, 0.1) is 13.2 Å². The van der Waals surface area contributed by atoms with E-state index in [2.05, 4.69) is 26.6 Å². The normalized spacial score (nSPS) is 15.2. The minimum atomic E-state index is -0.441. The van der Waals surface area contributed by atoms with Gasteiger partial charge in [0.2, 0.25) is 5.91 Å². The molecule has 1 unspecified atom stereocenters. The van der Waals surface area contributed by atoms with E-state index in [9.17, 15) is 9.59 Å². The number of rotatable bonds is 6. The lowest BCUT2D eigenvalue weighted by Crippen LogP contribution is -2.48. The van der Waals surface area contributed by atoms with E-state index in [1.165, 1.54) is 0 Å². The quantitative estimate of drug-likeness (QED) is 0.790. The Balaban J connectivity index is 1.93. The molecule has 0 radical (unpaired) electrons. The number of hydrogen-bond acceptors (Lipinski definition) is 4. The van der Waals surface area contributed by atoms with Gasteiger partial charge in [0.1, 0.15) is 5.75 Å². The van der Waals surface area contributed by atoms with Gasteiger partial charge >= 0.3 is 6.03 Å². The maximum atomic E-state index is 12.2. The Hall–Kier alpha value is -1.60. The van der Waals surface area contributed by atoms with Crippen LogP contribution in [0.4, 0.5) is 4.79 Å². The SMILES string of the molecule is COc1ccc(Br)cc1CN(C)C(C)C(=O)NC(=O)NC1CC1. The molecule has 0 aromatic heterocycles. The Bertz CT molecular complexity index is 590. The Kier molecular flexibility index (Phi) is 6.01. The van der Waals surface area contributed by atoms with Gasteiger partial charge in [0, 0.05) is 22.6 Å². The van der Waals surface area contributed by atoms with Crippen LogP contribution in [0.3, 0.4) is 0 Å². The number of halogens is 1. The summed E-state index contributed by atoms with van der Waals surface area (Å²) in [6, 6.07) is 5.10. The summed E-state index contributed by atoms with van der Waals surface area (Å²) >= 11 is 3.44. The van der Waals surface area contributed by atoms with Crippen molar-refractivity contribution in [1.29, 1.82) is 0 Å². The monoisotopic (exact) mass is 383 g/mol. The van der Waals surface area contributed by atoms with Gasteiger partial charge in [0.25, 0.3) is 0 Å². The molecular weight excluding hydrogens is 362 g/mol. The number of hydrogen-bond donors (Lipinski definition) is 2. The molecule has 0 bridgehead atoms. The van der Waals surface area contributed by atoms with Crippen molar-refractivity contribution in [3.63, 3.8) is 0 Å². The first-order chi connectivity index (χ1) is 10.9. The summed E-state index contributed by atoms with van der Waals surface area (Å²) in [5, 5.41) is 5.12. The van der Waals surface area contributed by atoms with Crippen LogP contribution in [-0.2, 0) is 11.3 Å². The van der Waals surface area contributed by atoms with Gasteiger partial charge < -0.3 is 10.1 Å². The Labute approximate surface area is 144 Å². The molecule has 1 aliphatic carbocycles. The molecule has 126 valence electrons. The fraction of sp³-hybridized carbons (Fsp3) is 0.500. The second-order valence-electron chi connectivity index (χ2n) is 5.78. The summed E-state index contributed by atoms with van der Waals surface area (Å²) in [6.45, 7) is 2.30. The third-order valence-corrected chi connectivity index (χ3v) is 4.35. The van der Waals surface area contributed by atoms with Crippen LogP contribution in [0.1, 0.15) is 25.3 Å². The minimum Gasteiger partial charge on any atom is -0.496 e. The van der Waals surface area contributed by atoms with Crippen LogP contribution in [0.15, 0.2) is 22.7 Å². The molecule has 0 saturated heterocycles. The molecule has 0 heterocycles. The Morgan fingerprint density at radius 2 is 2.13 bits per heavy atom. The molecular formula is C16H22BrN3O3. The Morgan fingerprint density at radius 3 is 2.74 bits per heavy atom. The summed E-state index contributed by atoms with van der Waals surface area (Å²) in [5.41, 5.74) is 0.964. The molecule has 1 aromatic rings. The van der Waals surface area contributed by atoms with Gasteiger partial charge in [-0.2, -0.15) is 0 Å². The highest BCUT2D eigenvalue weighted by atomic mass is 79.9. The maximum Gasteiger partial charge on any atom is 0.321 e. The van der Waals surface area contributed by atoms with Gasteiger partial charge in [-0.1, -0.05) is 15.9 Å². The fourth-order valence-electron chi connectivity index (χ4n) is 2.14. The van der Waals surface area contributed by atoms with Crippen molar-refractivity contribution in [2.24, 2.45) is 0 Å². The molecule has 23 heavy (non-hydrogen) atoms. The van der Waals surface area contributed by atoms with Crippen LogP contribution in [-0.4, -0.2) is 43.1 Å². The van der Waals surface area contributed by atoms with E-state index >= 15 is 0 Å². The molecule has 0 spiro atoms. The number of likely N-dealkylation sites (N-methyl/N-ethyl adjacent to an activating group) is 1. The van der Waals surface area contributed by atoms with Crippen molar-refractivity contribution in [1.82, 2.24) is 15.5 Å². The van der Waals surface area contributed by atoms with Crippen LogP contribution in [0.25, 0.3) is 0 Å². The average Bonchev–Trinajstić information content (AvgIpc) is 3.30. The molecule has 2 rings (SSSR count). The second kappa shape index (κ2) is 7.79. The number of carbonyl (C=O) groups excluding carboxylic acids is 2. The number of imide groups is 1. The van der Waals surface area contributed by atoms with E-state index < -0.39 is 12.1 Å². The number of methoxy groups -OCH3 is 1. The molecule has 1 saturated carbocycles. The lowest BCUT2D eigenvalue weighted by atomic mass is 10.1. The van der Waals surface area contributed by atoms with E-state index in [0.29, 0.717) is 6.54 Å². The zero-order valence-corrected chi connectivity index (χ0v) is 15.1. The first-order valence-corrected chi connectivity index (χ1v) is 8.34. The standard InChI is InChI=1S/C16H22BrN3O3/c1-10(15(21)19-16(22)18-13-5-6-13)20(2)9-11-8-12(17)4-7-14(11)23-3/h4,7-8,10,13H,5-6,9H2,1-3H3,(H2,18,19,21,22). The van der Waals surface area contributed by atoms with Crippen molar-refractivity contribution < 1.29 is 14.3 Å². The maximum absolute atomic E-state index is 12.2. The highest BCUT2D eigenvalue weighted by molar-refractivity contribution is 9.10. The summed E-state index contributed by atoms with van der Waals surface area (Å²) < 4.78 is 6.29. The third-order valence-electron chi connectivity index (χ3n) is 3.85. The summed E-state index contributed by atoms with van der Waals surface area (Å²) in [4.78, 5) is 25.7. The van der Waals surface area contributed by atoms with Crippen molar-refractivity contribution >= 4 is 27.9 Å². The van der Waals surface area contributed by atoms with E-state index in [0.717, 1.165) is 28.6 Å². The van der Waals surface area contributed by atoms with Crippen LogP contribution >= 0.6 is 15.9 Å². The van der Waals surface area contributed by atoms with E-state index in [-0.39, 0.29) is 11.9 Å². The minimum absolute atomic E-state index is 0.224. The topological polar surface area (TPSA) is 70.7 Å². The van der Waals surface area contributed by atoms with Crippen LogP contribution < -0.4 is 15.4 Å². The van der Waals surface area contributed by atoms with Crippen LogP contribution in [0, 0.1) is 0 Å². The zero-order valence-electron chi connectivity index (χ0n) is 13.6. The number of ether oxygens (including phenoxy) is 1. The number of carbonyl (C=O) groups is 2. The molecule has 7 heteroatoms. The van der Waals surface area contributed by atoms with Crippen molar-refractivity contribution in [3.05, 3.63) is 28.2 Å². The highest BCUT2D eigenvalue weighted by Crippen LogP contribution is 2.24. The average molecular weight is 384 g/mol. The lowest BCUT2D eigenvalue weighted by Gasteiger charge is -2.24. The van der Waals surface area contributed by atoms with Crippen molar-refractivity contribution in [2.75, 3.05) is 14.2 Å². The smallest absolute Gasteiger partial charge is 0.321 e. The molecule has 1 aliphatic rings. The predicted octanol–water partition coefficient (Wildman–Crippen LogP) is 2.27. The molecule has 3 amide bonds. The van der Waals surface area contributed by atoms with Gasteiger partial charge in [-0.3, -0.25) is 15.0 Å². The highest BCUT2D eigenvalue weighted by Gasteiger charge is 2.26. The second-order valence-corrected chi connectivity index (χ2v) is 6.70. The largest absolute Gasteiger partial charge is 0.496 e. The molecule has 6 nitrogen and oxygen atoms in total. The summed E-state index contributed by atoms with van der Waals surface area (Å²) in [5.74, 6) is 0.443. The molecule has 2 N–H and O–H groups in total. The summed E-state index contributed by atoms with van der Waals surface area (Å²) in [6.07, 6.45) is 1.97. The van der Waals surface area contributed by atoms with Crippen LogP contribution in [0.2, 0.25) is 0 Å². The number of urea groups is 1. The van der Waals surface area contributed by atoms with Gasteiger partial charge in [-0.25, -0.2) is 4.79 Å². The Morgan fingerprint density at radius 1 is 1.43 bits per heavy atom. The number of benzene rings is 1. The molecule has 1 aromatic carbocycles. The van der Waals surface area contributed by atoms with Crippen molar-refractivity contribution in [3.8, 4) is 5.75 Å². The zero-order chi connectivity index (χ0) is 17.0. The van der Waals surface area contributed by atoms with Gasteiger partial charge in [-0.15, -0.1) is 0 Å². The van der Waals surface area contributed by atoms with Crippen molar-refractivity contribution in [2.45, 2.75) is 38.4 Å². The first-order valence-electron chi connectivity index (χ1n) is 7.54. The van der Waals surface area contributed by atoms with Gasteiger partial charge in [0.15, 0.2) is 0 Å². The first kappa shape index (κ1) is 17.7. The molecule has 1 fully saturated rings. The van der Waals surface area contributed by atoms with E-state index in [4.69, 9.17) is 4.74 Å². The fourth-order valence-corrected chi connectivity index (χ4v) is 2.55. The number of amides is 3.